The zero-order valence-electron chi connectivity index (χ0n) is 13.1. The molecule has 1 atom stereocenters. The minimum atomic E-state index is -0.447. The van der Waals surface area contributed by atoms with E-state index in [0.29, 0.717) is 11.7 Å². The highest BCUT2D eigenvalue weighted by Crippen LogP contribution is 2.37. The average Bonchev–Trinajstić information content (AvgIpc) is 3.02. The van der Waals surface area contributed by atoms with Crippen LogP contribution in [0.5, 0.6) is 0 Å². The Morgan fingerprint density at radius 2 is 2.10 bits per heavy atom. The Kier molecular flexibility index (Phi) is 5.85. The topological polar surface area (TPSA) is 65.5 Å². The van der Waals surface area contributed by atoms with E-state index in [4.69, 9.17) is 10.2 Å². The zero-order valence-corrected chi connectivity index (χ0v) is 13.1. The molecule has 1 aromatic heterocycles. The molecule has 118 valence electrons. The summed E-state index contributed by atoms with van der Waals surface area (Å²) < 4.78 is 10.2. The molecular formula is C17H27NO3. The molecule has 1 unspecified atom stereocenters. The van der Waals surface area contributed by atoms with Gasteiger partial charge in [0.25, 0.3) is 0 Å². The molecule has 1 aliphatic rings. The molecule has 2 rings (SSSR count). The summed E-state index contributed by atoms with van der Waals surface area (Å²) in [7, 11) is 1.35. The molecule has 1 aromatic rings. The summed E-state index contributed by atoms with van der Waals surface area (Å²) in [6.07, 6.45) is 8.81. The van der Waals surface area contributed by atoms with Crippen LogP contribution in [0.1, 0.15) is 74.2 Å². The number of rotatable bonds is 6. The summed E-state index contributed by atoms with van der Waals surface area (Å²) in [4.78, 5) is 11.4. The van der Waals surface area contributed by atoms with E-state index in [2.05, 4.69) is 11.7 Å². The van der Waals surface area contributed by atoms with Crippen molar-refractivity contribution in [2.75, 3.05) is 7.11 Å². The standard InChI is InChI=1S/C17H27NO3/c1-3-4-5-12-6-8-13(9-7-12)16(18)14-10-11-15(21-14)17(19)20-2/h10-13,16H,3-9,18H2,1-2H3. The molecule has 0 amide bonds. The van der Waals surface area contributed by atoms with Crippen molar-refractivity contribution in [3.05, 3.63) is 23.7 Å². The fourth-order valence-electron chi connectivity index (χ4n) is 3.30. The van der Waals surface area contributed by atoms with Crippen molar-refractivity contribution in [1.82, 2.24) is 0 Å². The van der Waals surface area contributed by atoms with Gasteiger partial charge in [0, 0.05) is 0 Å². The SMILES string of the molecule is CCCCC1CCC(C(N)c2ccc(C(=O)OC)o2)CC1. The molecule has 1 aliphatic carbocycles. The molecule has 0 bridgehead atoms. The van der Waals surface area contributed by atoms with Gasteiger partial charge in [0.05, 0.1) is 13.2 Å². The fourth-order valence-corrected chi connectivity index (χ4v) is 3.30. The fraction of sp³-hybridized carbons (Fsp3) is 0.706. The van der Waals surface area contributed by atoms with Gasteiger partial charge in [-0.25, -0.2) is 4.79 Å². The highest BCUT2D eigenvalue weighted by molar-refractivity contribution is 5.86. The number of hydrogen-bond donors (Lipinski definition) is 1. The van der Waals surface area contributed by atoms with E-state index in [0.717, 1.165) is 18.8 Å². The van der Waals surface area contributed by atoms with Crippen LogP contribution in [0, 0.1) is 11.8 Å². The van der Waals surface area contributed by atoms with Gasteiger partial charge >= 0.3 is 5.97 Å². The molecule has 0 aromatic carbocycles. The van der Waals surface area contributed by atoms with Gasteiger partial charge < -0.3 is 14.9 Å². The number of furan rings is 1. The van der Waals surface area contributed by atoms with Crippen molar-refractivity contribution >= 4 is 5.97 Å². The van der Waals surface area contributed by atoms with E-state index in [9.17, 15) is 4.79 Å². The van der Waals surface area contributed by atoms with E-state index in [1.807, 2.05) is 0 Å². The first-order valence-electron chi connectivity index (χ1n) is 8.09. The van der Waals surface area contributed by atoms with Crippen molar-refractivity contribution in [3.8, 4) is 0 Å². The molecule has 2 N–H and O–H groups in total. The van der Waals surface area contributed by atoms with E-state index in [-0.39, 0.29) is 11.8 Å². The molecule has 0 aliphatic heterocycles. The van der Waals surface area contributed by atoms with Gasteiger partial charge in [0.1, 0.15) is 5.76 Å². The summed E-state index contributed by atoms with van der Waals surface area (Å²) in [5.41, 5.74) is 6.32. The lowest BCUT2D eigenvalue weighted by Gasteiger charge is -2.31. The number of methoxy groups -OCH3 is 1. The third-order valence-corrected chi connectivity index (χ3v) is 4.71. The average molecular weight is 293 g/mol. The lowest BCUT2D eigenvalue weighted by molar-refractivity contribution is 0.0561. The lowest BCUT2D eigenvalue weighted by atomic mass is 9.76. The molecule has 21 heavy (non-hydrogen) atoms. The number of carbonyl (C=O) groups is 1. The predicted molar refractivity (Wildman–Crippen MR) is 81.9 cm³/mol. The normalized spacial score (nSPS) is 23.8. The van der Waals surface area contributed by atoms with Gasteiger partial charge in [-0.15, -0.1) is 0 Å². The third-order valence-electron chi connectivity index (χ3n) is 4.71. The minimum absolute atomic E-state index is 0.115. The Bertz CT molecular complexity index is 447. The quantitative estimate of drug-likeness (QED) is 0.803. The van der Waals surface area contributed by atoms with Crippen LogP contribution in [0.25, 0.3) is 0 Å². The smallest absolute Gasteiger partial charge is 0.373 e. The molecule has 0 saturated heterocycles. The van der Waals surface area contributed by atoms with Gasteiger partial charge in [0.2, 0.25) is 5.76 Å². The summed E-state index contributed by atoms with van der Waals surface area (Å²) in [6, 6.07) is 3.34. The summed E-state index contributed by atoms with van der Waals surface area (Å²) in [5, 5.41) is 0. The Labute approximate surface area is 127 Å². The van der Waals surface area contributed by atoms with E-state index < -0.39 is 5.97 Å². The number of carbonyl (C=O) groups excluding carboxylic acids is 1. The minimum Gasteiger partial charge on any atom is -0.463 e. The second kappa shape index (κ2) is 7.64. The van der Waals surface area contributed by atoms with Crippen molar-refractivity contribution < 1.29 is 13.9 Å². The number of hydrogen-bond acceptors (Lipinski definition) is 4. The largest absolute Gasteiger partial charge is 0.463 e. The Morgan fingerprint density at radius 3 is 2.71 bits per heavy atom. The van der Waals surface area contributed by atoms with Crippen LogP contribution in [0.2, 0.25) is 0 Å². The molecule has 0 radical (unpaired) electrons. The first-order chi connectivity index (χ1) is 10.2. The Morgan fingerprint density at radius 1 is 1.38 bits per heavy atom. The molecule has 1 saturated carbocycles. The van der Waals surface area contributed by atoms with Crippen molar-refractivity contribution in [3.63, 3.8) is 0 Å². The van der Waals surface area contributed by atoms with Crippen molar-refractivity contribution in [2.24, 2.45) is 17.6 Å². The first-order valence-corrected chi connectivity index (χ1v) is 8.09. The number of esters is 1. The first kappa shape index (κ1) is 16.1. The summed E-state index contributed by atoms with van der Waals surface area (Å²) >= 11 is 0. The highest BCUT2D eigenvalue weighted by atomic mass is 16.5. The summed E-state index contributed by atoms with van der Waals surface area (Å²) in [5.74, 6) is 1.82. The van der Waals surface area contributed by atoms with Crippen LogP contribution in [-0.4, -0.2) is 13.1 Å². The number of ether oxygens (including phenoxy) is 1. The van der Waals surface area contributed by atoms with Crippen LogP contribution < -0.4 is 5.73 Å². The molecule has 4 nitrogen and oxygen atoms in total. The van der Waals surface area contributed by atoms with Gasteiger partial charge in [0.15, 0.2) is 0 Å². The molecule has 4 heteroatoms. The maximum absolute atomic E-state index is 11.4. The van der Waals surface area contributed by atoms with E-state index in [1.165, 1.54) is 39.2 Å². The van der Waals surface area contributed by atoms with Gasteiger partial charge in [-0.1, -0.05) is 39.0 Å². The maximum atomic E-state index is 11.4. The zero-order chi connectivity index (χ0) is 15.2. The van der Waals surface area contributed by atoms with E-state index in [1.54, 1.807) is 12.1 Å². The molecule has 1 heterocycles. The molecular weight excluding hydrogens is 266 g/mol. The van der Waals surface area contributed by atoms with Gasteiger partial charge in [-0.2, -0.15) is 0 Å². The Hall–Kier alpha value is -1.29. The van der Waals surface area contributed by atoms with Crippen LogP contribution in [0.3, 0.4) is 0 Å². The van der Waals surface area contributed by atoms with Crippen molar-refractivity contribution in [1.29, 1.82) is 0 Å². The molecule has 1 fully saturated rings. The van der Waals surface area contributed by atoms with Gasteiger partial charge in [-0.3, -0.25) is 0 Å². The van der Waals surface area contributed by atoms with Crippen LogP contribution in [0.15, 0.2) is 16.5 Å². The number of unbranched alkanes of at least 4 members (excludes halogenated alkanes) is 1. The Balaban J connectivity index is 1.88. The maximum Gasteiger partial charge on any atom is 0.373 e. The summed E-state index contributed by atoms with van der Waals surface area (Å²) in [6.45, 7) is 2.25. The molecule has 0 spiro atoms. The van der Waals surface area contributed by atoms with Crippen LogP contribution in [0.4, 0.5) is 0 Å². The van der Waals surface area contributed by atoms with Gasteiger partial charge in [-0.05, 0) is 36.8 Å². The van der Waals surface area contributed by atoms with Crippen LogP contribution >= 0.6 is 0 Å². The third kappa shape index (κ3) is 4.10. The lowest BCUT2D eigenvalue weighted by Crippen LogP contribution is -2.25. The highest BCUT2D eigenvalue weighted by Gasteiger charge is 2.28. The predicted octanol–water partition coefficient (Wildman–Crippen LogP) is 4.06. The van der Waals surface area contributed by atoms with E-state index >= 15 is 0 Å². The second-order valence-electron chi connectivity index (χ2n) is 6.14. The van der Waals surface area contributed by atoms with Crippen LogP contribution in [-0.2, 0) is 4.74 Å². The monoisotopic (exact) mass is 293 g/mol. The number of nitrogens with two attached hydrogens (primary N) is 1. The second-order valence-corrected chi connectivity index (χ2v) is 6.14. The van der Waals surface area contributed by atoms with Crippen molar-refractivity contribution in [2.45, 2.75) is 57.9 Å².